The number of fused-ring (bicyclic) bond motifs is 1. The fraction of sp³-hybridized carbons (Fsp3) is 0.417. The molecule has 0 bridgehead atoms. The van der Waals surface area contributed by atoms with Crippen molar-refractivity contribution in [3.63, 3.8) is 0 Å². The average molecular weight is 413 g/mol. The molecule has 1 aromatic heterocycles. The number of thiazole rings is 1. The van der Waals surface area contributed by atoms with Crippen LogP contribution >= 0.6 is 50.5 Å². The molecule has 1 aliphatic heterocycles. The Morgan fingerprint density at radius 1 is 1.48 bits per heavy atom. The van der Waals surface area contributed by atoms with Gasteiger partial charge in [0.2, 0.25) is 6.23 Å². The number of alkyl halides is 1. The number of β-amino-alcohol motifs (C(OH)–C–C–N with tert-alkyl or cyclic N) is 1. The van der Waals surface area contributed by atoms with Gasteiger partial charge in [0.25, 0.3) is 5.13 Å². The minimum absolute atomic E-state index is 0.189. The van der Waals surface area contributed by atoms with E-state index in [1.807, 2.05) is 4.90 Å². The molecule has 5 nitrogen and oxygen atoms in total. The zero-order valence-electron chi connectivity index (χ0n) is 10.8. The Morgan fingerprint density at radius 3 is 2.90 bits per heavy atom. The molecule has 0 amide bonds. The molecule has 2 atom stereocenters. The van der Waals surface area contributed by atoms with E-state index < -0.39 is 10.9 Å². The lowest BCUT2D eigenvalue weighted by molar-refractivity contribution is 0.0848. The Hall–Kier alpha value is 0.01000. The molecule has 114 valence electrons. The maximum Gasteiger partial charge on any atom is 0.290 e. The Morgan fingerprint density at radius 2 is 2.19 bits per heavy atom. The fourth-order valence-electron chi connectivity index (χ4n) is 2.35. The molecular weight excluding hydrogens is 401 g/mol. The molecule has 0 saturated carbocycles. The third kappa shape index (κ3) is 2.82. The van der Waals surface area contributed by atoms with E-state index in [0.717, 1.165) is 10.0 Å². The second-order valence-corrected chi connectivity index (χ2v) is 7.53. The van der Waals surface area contributed by atoms with Gasteiger partial charge < -0.3 is 10.3 Å². The van der Waals surface area contributed by atoms with Crippen LogP contribution in [0.15, 0.2) is 12.1 Å². The number of aliphatic hydroxyl groups is 1. The van der Waals surface area contributed by atoms with Crippen LogP contribution in [0.1, 0.15) is 0 Å². The number of aromatic nitrogens is 1. The fourth-order valence-corrected chi connectivity index (χ4v) is 4.30. The summed E-state index contributed by atoms with van der Waals surface area (Å²) < 4.78 is -0.0550. The number of nitrogens with zero attached hydrogens (tertiary/aromatic N) is 3. The van der Waals surface area contributed by atoms with Crippen molar-refractivity contribution in [1.29, 1.82) is 0 Å². The van der Waals surface area contributed by atoms with Crippen molar-refractivity contribution in [2.45, 2.75) is 6.23 Å². The van der Waals surface area contributed by atoms with E-state index in [1.54, 1.807) is 12.1 Å². The summed E-state index contributed by atoms with van der Waals surface area (Å²) in [5.74, 6) is 0. The number of benzene rings is 1. The highest BCUT2D eigenvalue weighted by molar-refractivity contribution is 9.09. The first-order valence-corrected chi connectivity index (χ1v) is 8.95. The van der Waals surface area contributed by atoms with Gasteiger partial charge in [-0.1, -0.05) is 50.5 Å². The monoisotopic (exact) mass is 411 g/mol. The molecular formula is C12H12BrCl2N3O2S. The van der Waals surface area contributed by atoms with Crippen LogP contribution in [0.25, 0.3) is 10.2 Å². The van der Waals surface area contributed by atoms with Gasteiger partial charge in [0.05, 0.1) is 26.8 Å². The summed E-state index contributed by atoms with van der Waals surface area (Å²) in [6.45, 7) is 1.24. The molecule has 21 heavy (non-hydrogen) atoms. The van der Waals surface area contributed by atoms with Crippen molar-refractivity contribution in [1.82, 2.24) is 14.5 Å². The quantitative estimate of drug-likeness (QED) is 0.476. The lowest BCUT2D eigenvalue weighted by atomic mass is 10.3. The van der Waals surface area contributed by atoms with E-state index in [0.29, 0.717) is 33.8 Å². The Kier molecular flexibility index (Phi) is 4.46. The van der Waals surface area contributed by atoms with Crippen molar-refractivity contribution >= 4 is 65.8 Å². The Balaban J connectivity index is 1.99. The number of aliphatic hydroxyl groups excluding tert-OH is 1. The van der Waals surface area contributed by atoms with Crippen molar-refractivity contribution in [2.75, 3.05) is 25.1 Å². The summed E-state index contributed by atoms with van der Waals surface area (Å²) in [7, 11) is 0. The summed E-state index contributed by atoms with van der Waals surface area (Å²) >= 11 is 16.5. The Bertz CT molecular complexity index is 647. The predicted molar refractivity (Wildman–Crippen MR) is 91.0 cm³/mol. The van der Waals surface area contributed by atoms with Crippen LogP contribution in [0.5, 0.6) is 0 Å². The van der Waals surface area contributed by atoms with E-state index >= 15 is 0 Å². The van der Waals surface area contributed by atoms with Gasteiger partial charge in [0.1, 0.15) is 6.67 Å². The summed E-state index contributed by atoms with van der Waals surface area (Å²) in [5, 5.41) is 25.0. The van der Waals surface area contributed by atoms with Crippen LogP contribution in [0.4, 0.5) is 5.13 Å². The second-order valence-electron chi connectivity index (χ2n) is 4.91. The molecule has 1 fully saturated rings. The number of halogens is 3. The van der Waals surface area contributed by atoms with Crippen molar-refractivity contribution in [3.05, 3.63) is 27.4 Å². The molecule has 3 rings (SSSR count). The van der Waals surface area contributed by atoms with Gasteiger partial charge in [-0.3, -0.25) is 4.65 Å². The predicted octanol–water partition coefficient (Wildman–Crippen LogP) is 3.39. The normalized spacial score (nSPS) is 26.8. The van der Waals surface area contributed by atoms with Crippen LogP contribution in [0.2, 0.25) is 10.0 Å². The van der Waals surface area contributed by atoms with E-state index in [1.165, 1.54) is 11.3 Å². The molecule has 2 aromatic rings. The lowest BCUT2D eigenvalue weighted by Gasteiger charge is -2.37. The number of hydrogen-bond acceptors (Lipinski definition) is 5. The van der Waals surface area contributed by atoms with E-state index in [-0.39, 0.29) is 6.67 Å². The molecule has 1 N–H and O–H groups in total. The van der Waals surface area contributed by atoms with Crippen molar-refractivity contribution < 1.29 is 5.11 Å². The van der Waals surface area contributed by atoms with Gasteiger partial charge >= 0.3 is 0 Å². The van der Waals surface area contributed by atoms with Crippen LogP contribution in [0.3, 0.4) is 0 Å². The summed E-state index contributed by atoms with van der Waals surface area (Å²) in [5.41, 5.74) is 0.629. The van der Waals surface area contributed by atoms with Crippen LogP contribution in [-0.2, 0) is 0 Å². The van der Waals surface area contributed by atoms with Crippen molar-refractivity contribution in [3.8, 4) is 0 Å². The van der Waals surface area contributed by atoms with E-state index in [9.17, 15) is 10.3 Å². The smallest absolute Gasteiger partial charge is 0.290 e. The third-order valence-electron chi connectivity index (χ3n) is 3.46. The second kappa shape index (κ2) is 5.90. The van der Waals surface area contributed by atoms with Crippen LogP contribution in [-0.4, -0.2) is 46.3 Å². The standard InChI is InChI=1S/C12H12BrCl2N3O2S/c13-1-2-17-5-11(19)18(20,6-17)12-16-9-3-7(14)8(15)4-10(9)21-12/h3-4,11,19H,1-2,5-6H2. The number of hydroxylamine groups is 2. The minimum atomic E-state index is -1.03. The average Bonchev–Trinajstić information content (AvgIpc) is 2.94. The number of rotatable bonds is 3. The largest absolute Gasteiger partial charge is 0.623 e. The SMILES string of the molecule is [O-][N+]1(c2nc3cc(Cl)c(Cl)cc3s2)CN(CCBr)CC1O. The highest BCUT2D eigenvalue weighted by Crippen LogP contribution is 2.39. The maximum absolute atomic E-state index is 13.0. The van der Waals surface area contributed by atoms with Gasteiger partial charge in [-0.25, -0.2) is 4.90 Å². The van der Waals surface area contributed by atoms with Gasteiger partial charge in [-0.05, 0) is 12.1 Å². The van der Waals surface area contributed by atoms with Crippen LogP contribution < -0.4 is 4.65 Å². The molecule has 0 radical (unpaired) electrons. The van der Waals surface area contributed by atoms with Gasteiger partial charge in [0.15, 0.2) is 0 Å². The lowest BCUT2D eigenvalue weighted by Crippen LogP contribution is -2.48. The first-order chi connectivity index (χ1) is 9.94. The molecule has 9 heteroatoms. The molecule has 1 saturated heterocycles. The minimum Gasteiger partial charge on any atom is -0.623 e. The van der Waals surface area contributed by atoms with Gasteiger partial charge in [-0.2, -0.15) is 4.98 Å². The zero-order chi connectivity index (χ0) is 15.2. The van der Waals surface area contributed by atoms with Gasteiger partial charge in [-0.15, -0.1) is 0 Å². The van der Waals surface area contributed by atoms with E-state index in [2.05, 4.69) is 20.9 Å². The summed E-state index contributed by atoms with van der Waals surface area (Å²) in [4.78, 5) is 6.27. The highest BCUT2D eigenvalue weighted by Gasteiger charge is 2.42. The first-order valence-electron chi connectivity index (χ1n) is 6.25. The molecule has 2 heterocycles. The molecule has 0 aliphatic carbocycles. The molecule has 1 aliphatic rings. The molecule has 1 aromatic carbocycles. The van der Waals surface area contributed by atoms with Crippen molar-refractivity contribution in [2.24, 2.45) is 0 Å². The molecule has 2 unspecified atom stereocenters. The zero-order valence-corrected chi connectivity index (χ0v) is 14.7. The maximum atomic E-state index is 13.0. The van der Waals surface area contributed by atoms with Crippen LogP contribution in [0, 0.1) is 5.21 Å². The summed E-state index contributed by atoms with van der Waals surface area (Å²) in [6, 6.07) is 3.34. The first kappa shape index (κ1) is 15.9. The van der Waals surface area contributed by atoms with Gasteiger partial charge in [0, 0.05) is 11.9 Å². The third-order valence-corrected chi connectivity index (χ3v) is 5.66. The Labute approximate surface area is 144 Å². The number of hydrogen-bond donors (Lipinski definition) is 1. The topological polar surface area (TPSA) is 59.4 Å². The highest BCUT2D eigenvalue weighted by atomic mass is 79.9. The summed E-state index contributed by atoms with van der Waals surface area (Å²) in [6.07, 6.45) is -1.03. The number of quaternary nitrogens is 1. The van der Waals surface area contributed by atoms with E-state index in [4.69, 9.17) is 23.2 Å². The molecule has 0 spiro atoms.